The molecule has 1 atom stereocenters. The van der Waals surface area contributed by atoms with E-state index in [2.05, 4.69) is 16.0 Å². The van der Waals surface area contributed by atoms with E-state index in [1.807, 2.05) is 32.9 Å². The zero-order chi connectivity index (χ0) is 20.8. The molecule has 2 rings (SSSR count). The fraction of sp³-hybridized carbons (Fsp3) is 0.286. The molecule has 3 N–H and O–H groups in total. The molecule has 148 valence electrons. The number of carbonyl (C=O) groups excluding carboxylic acids is 3. The molecular formula is C21H24FN3O3. The maximum atomic E-state index is 13.8. The highest BCUT2D eigenvalue weighted by molar-refractivity contribution is 6.01. The summed E-state index contributed by atoms with van der Waals surface area (Å²) in [5, 5.41) is 7.76. The second-order valence-electron chi connectivity index (χ2n) is 6.93. The molecule has 1 unspecified atom stereocenters. The van der Waals surface area contributed by atoms with Crippen LogP contribution in [0.15, 0.2) is 42.5 Å². The quantitative estimate of drug-likeness (QED) is 0.711. The van der Waals surface area contributed by atoms with Crippen molar-refractivity contribution < 1.29 is 18.8 Å². The Balaban J connectivity index is 2.13. The molecule has 2 aromatic rings. The van der Waals surface area contributed by atoms with Gasteiger partial charge in [-0.15, -0.1) is 0 Å². The number of benzene rings is 2. The monoisotopic (exact) mass is 385 g/mol. The van der Waals surface area contributed by atoms with Crippen molar-refractivity contribution in [3.8, 4) is 0 Å². The van der Waals surface area contributed by atoms with Crippen LogP contribution in [-0.2, 0) is 9.59 Å². The Kier molecular flexibility index (Phi) is 6.87. The molecule has 0 radical (unpaired) electrons. The van der Waals surface area contributed by atoms with Crippen molar-refractivity contribution in [1.82, 2.24) is 5.32 Å². The van der Waals surface area contributed by atoms with Crippen LogP contribution >= 0.6 is 0 Å². The van der Waals surface area contributed by atoms with E-state index in [0.29, 0.717) is 11.3 Å². The van der Waals surface area contributed by atoms with Crippen LogP contribution in [-0.4, -0.2) is 23.8 Å². The van der Waals surface area contributed by atoms with Crippen LogP contribution in [0.5, 0.6) is 0 Å². The third-order valence-corrected chi connectivity index (χ3v) is 4.09. The molecule has 0 heterocycles. The van der Waals surface area contributed by atoms with Gasteiger partial charge in [-0.3, -0.25) is 14.4 Å². The number of amides is 3. The largest absolute Gasteiger partial charge is 0.340 e. The molecule has 0 bridgehead atoms. The van der Waals surface area contributed by atoms with Gasteiger partial charge in [0.2, 0.25) is 11.8 Å². The zero-order valence-electron chi connectivity index (χ0n) is 16.3. The topological polar surface area (TPSA) is 87.3 Å². The molecule has 28 heavy (non-hydrogen) atoms. The van der Waals surface area contributed by atoms with Gasteiger partial charge in [-0.1, -0.05) is 31.5 Å². The molecule has 7 heteroatoms. The highest BCUT2D eigenvalue weighted by atomic mass is 19.1. The summed E-state index contributed by atoms with van der Waals surface area (Å²) in [5.41, 5.74) is 1.76. The molecule has 0 aromatic heterocycles. The molecule has 3 amide bonds. The number of hydrogen-bond acceptors (Lipinski definition) is 3. The van der Waals surface area contributed by atoms with E-state index < -0.39 is 23.7 Å². The van der Waals surface area contributed by atoms with Crippen LogP contribution in [0.3, 0.4) is 0 Å². The Hall–Kier alpha value is -3.22. The average molecular weight is 385 g/mol. The summed E-state index contributed by atoms with van der Waals surface area (Å²) in [6.07, 6.45) is 0. The number of carbonyl (C=O) groups is 3. The van der Waals surface area contributed by atoms with Gasteiger partial charge in [0.1, 0.15) is 11.9 Å². The predicted molar refractivity (Wildman–Crippen MR) is 107 cm³/mol. The Bertz CT molecular complexity index is 879. The number of hydrogen-bond donors (Lipinski definition) is 3. The Morgan fingerprint density at radius 3 is 2.18 bits per heavy atom. The minimum Gasteiger partial charge on any atom is -0.340 e. The van der Waals surface area contributed by atoms with Crippen molar-refractivity contribution >= 4 is 29.1 Å². The van der Waals surface area contributed by atoms with Crippen LogP contribution in [0.25, 0.3) is 0 Å². The van der Waals surface area contributed by atoms with Crippen LogP contribution in [0.2, 0.25) is 0 Å². The van der Waals surface area contributed by atoms with Gasteiger partial charge in [-0.2, -0.15) is 0 Å². The molecule has 0 spiro atoms. The van der Waals surface area contributed by atoms with Crippen molar-refractivity contribution in [2.75, 3.05) is 10.6 Å². The minimum absolute atomic E-state index is 0.0323. The van der Waals surface area contributed by atoms with Gasteiger partial charge in [0.25, 0.3) is 5.91 Å². The lowest BCUT2D eigenvalue weighted by atomic mass is 10.0. The van der Waals surface area contributed by atoms with Gasteiger partial charge in [-0.05, 0) is 43.2 Å². The van der Waals surface area contributed by atoms with Gasteiger partial charge >= 0.3 is 0 Å². The molecule has 2 aromatic carbocycles. The summed E-state index contributed by atoms with van der Waals surface area (Å²) >= 11 is 0. The third-order valence-electron chi connectivity index (χ3n) is 4.09. The molecule has 0 aliphatic rings. The lowest BCUT2D eigenvalue weighted by molar-refractivity contribution is -0.119. The summed E-state index contributed by atoms with van der Waals surface area (Å²) in [7, 11) is 0. The first-order valence-electron chi connectivity index (χ1n) is 8.93. The van der Waals surface area contributed by atoms with Gasteiger partial charge in [-0.25, -0.2) is 4.39 Å². The van der Waals surface area contributed by atoms with Crippen LogP contribution in [0, 0.1) is 18.7 Å². The standard InChI is InChI=1S/C21H24FN3O3/c1-12(2)19(25-20(27)15-7-5-13(3)6-8-15)21(28)24-16-9-10-17(22)18(11-16)23-14(4)26/h5-12,19H,1-4H3,(H,23,26)(H,24,28)(H,25,27). The zero-order valence-corrected chi connectivity index (χ0v) is 16.3. The van der Waals surface area contributed by atoms with E-state index in [1.54, 1.807) is 12.1 Å². The van der Waals surface area contributed by atoms with E-state index in [9.17, 15) is 18.8 Å². The summed E-state index contributed by atoms with van der Waals surface area (Å²) in [6.45, 7) is 6.81. The molecule has 0 saturated heterocycles. The van der Waals surface area contributed by atoms with Crippen LogP contribution in [0.4, 0.5) is 15.8 Å². The first kappa shape index (κ1) is 21.1. The fourth-order valence-electron chi connectivity index (χ4n) is 2.57. The maximum absolute atomic E-state index is 13.8. The summed E-state index contributed by atoms with van der Waals surface area (Å²) in [5.74, 6) is -2.00. The smallest absolute Gasteiger partial charge is 0.251 e. The van der Waals surface area contributed by atoms with E-state index >= 15 is 0 Å². The van der Waals surface area contributed by atoms with Crippen LogP contribution < -0.4 is 16.0 Å². The van der Waals surface area contributed by atoms with Crippen molar-refractivity contribution in [2.45, 2.75) is 33.7 Å². The van der Waals surface area contributed by atoms with Gasteiger partial charge in [0.15, 0.2) is 0 Å². The lowest BCUT2D eigenvalue weighted by Gasteiger charge is -2.22. The first-order valence-corrected chi connectivity index (χ1v) is 8.93. The highest BCUT2D eigenvalue weighted by Crippen LogP contribution is 2.20. The SMILES string of the molecule is CC(=O)Nc1cc(NC(=O)C(NC(=O)c2ccc(C)cc2)C(C)C)ccc1F. The Labute approximate surface area is 163 Å². The summed E-state index contributed by atoms with van der Waals surface area (Å²) in [6, 6.07) is 10.1. The van der Waals surface area contributed by atoms with E-state index in [4.69, 9.17) is 0 Å². The fourth-order valence-corrected chi connectivity index (χ4v) is 2.57. The van der Waals surface area contributed by atoms with Crippen molar-refractivity contribution in [2.24, 2.45) is 5.92 Å². The highest BCUT2D eigenvalue weighted by Gasteiger charge is 2.25. The van der Waals surface area contributed by atoms with E-state index in [1.165, 1.54) is 19.1 Å². The summed E-state index contributed by atoms with van der Waals surface area (Å²) in [4.78, 5) is 36.3. The number of rotatable bonds is 6. The summed E-state index contributed by atoms with van der Waals surface area (Å²) < 4.78 is 13.8. The molecule has 6 nitrogen and oxygen atoms in total. The number of halogens is 1. The number of anilines is 2. The molecule has 0 saturated carbocycles. The second-order valence-corrected chi connectivity index (χ2v) is 6.93. The van der Waals surface area contributed by atoms with Crippen molar-refractivity contribution in [3.05, 3.63) is 59.4 Å². The van der Waals surface area contributed by atoms with Gasteiger partial charge in [0, 0.05) is 18.2 Å². The first-order chi connectivity index (χ1) is 13.2. The average Bonchev–Trinajstić information content (AvgIpc) is 2.62. The maximum Gasteiger partial charge on any atom is 0.251 e. The van der Waals surface area contributed by atoms with E-state index in [-0.39, 0.29) is 17.5 Å². The molecule has 0 aliphatic heterocycles. The minimum atomic E-state index is -0.789. The van der Waals surface area contributed by atoms with Crippen molar-refractivity contribution in [3.63, 3.8) is 0 Å². The lowest BCUT2D eigenvalue weighted by Crippen LogP contribution is -2.47. The molecule has 0 aliphatic carbocycles. The van der Waals surface area contributed by atoms with Gasteiger partial charge < -0.3 is 16.0 Å². The Morgan fingerprint density at radius 2 is 1.61 bits per heavy atom. The molecular weight excluding hydrogens is 361 g/mol. The second kappa shape index (κ2) is 9.12. The van der Waals surface area contributed by atoms with E-state index in [0.717, 1.165) is 11.6 Å². The number of nitrogens with one attached hydrogen (secondary N) is 3. The normalized spacial score (nSPS) is 11.6. The number of aryl methyl sites for hydroxylation is 1. The van der Waals surface area contributed by atoms with Gasteiger partial charge in [0.05, 0.1) is 5.69 Å². The van der Waals surface area contributed by atoms with Crippen molar-refractivity contribution in [1.29, 1.82) is 0 Å². The third kappa shape index (κ3) is 5.64. The van der Waals surface area contributed by atoms with Crippen LogP contribution in [0.1, 0.15) is 36.7 Å². The predicted octanol–water partition coefficient (Wildman–Crippen LogP) is 3.49. The Morgan fingerprint density at radius 1 is 0.964 bits per heavy atom. The molecule has 0 fully saturated rings.